The van der Waals surface area contributed by atoms with Gasteiger partial charge in [0, 0.05) is 6.42 Å². The van der Waals surface area contributed by atoms with E-state index in [1.165, 1.54) is 12.1 Å². The minimum Gasteiger partial charge on any atom is -0.486 e. The predicted molar refractivity (Wildman–Crippen MR) is 99.8 cm³/mol. The summed E-state index contributed by atoms with van der Waals surface area (Å²) in [5, 5.41) is 0. The monoisotopic (exact) mass is 382 g/mol. The highest BCUT2D eigenvalue weighted by atomic mass is 19.1. The standard InChI is InChI=1S/C21H19FN2O4/c22-18-9-5-4-6-15(18)10-13-20(25)23-24-21(26)19-12-11-17(28-19)14-27-16-7-2-1-3-8-16/h1-9,11-12H,10,13-14H2,(H,23,25)(H,24,26). The van der Waals surface area contributed by atoms with Crippen molar-refractivity contribution in [3.63, 3.8) is 0 Å². The molecular weight excluding hydrogens is 363 g/mol. The van der Waals surface area contributed by atoms with Crippen LogP contribution in [0.5, 0.6) is 5.75 Å². The first-order valence-corrected chi connectivity index (χ1v) is 8.71. The maximum atomic E-state index is 13.5. The van der Waals surface area contributed by atoms with E-state index in [1.54, 1.807) is 24.3 Å². The van der Waals surface area contributed by atoms with Crippen molar-refractivity contribution in [3.8, 4) is 5.75 Å². The summed E-state index contributed by atoms with van der Waals surface area (Å²) >= 11 is 0. The topological polar surface area (TPSA) is 80.6 Å². The van der Waals surface area contributed by atoms with E-state index in [1.807, 2.05) is 30.3 Å². The number of hydrogen-bond donors (Lipinski definition) is 2. The van der Waals surface area contributed by atoms with Gasteiger partial charge in [0.15, 0.2) is 5.76 Å². The molecule has 0 radical (unpaired) electrons. The number of carbonyl (C=O) groups excluding carboxylic acids is 2. The summed E-state index contributed by atoms with van der Waals surface area (Å²) in [6.07, 6.45) is 0.269. The number of hydrogen-bond acceptors (Lipinski definition) is 4. The minimum absolute atomic E-state index is 0.0372. The molecule has 144 valence electrons. The third-order valence-corrected chi connectivity index (χ3v) is 3.90. The van der Waals surface area contributed by atoms with E-state index in [2.05, 4.69) is 10.9 Å². The second-order valence-corrected chi connectivity index (χ2v) is 5.96. The average Bonchev–Trinajstić information content (AvgIpc) is 3.20. The van der Waals surface area contributed by atoms with Crippen molar-refractivity contribution in [2.75, 3.05) is 0 Å². The van der Waals surface area contributed by atoms with Crippen LogP contribution in [0.1, 0.15) is 28.3 Å². The number of aryl methyl sites for hydroxylation is 1. The number of ether oxygens (including phenoxy) is 1. The van der Waals surface area contributed by atoms with Gasteiger partial charge >= 0.3 is 5.91 Å². The Labute approximate surface area is 161 Å². The van der Waals surface area contributed by atoms with Crippen molar-refractivity contribution in [2.45, 2.75) is 19.4 Å². The Balaban J connectivity index is 1.42. The Morgan fingerprint density at radius 1 is 0.929 bits per heavy atom. The van der Waals surface area contributed by atoms with Crippen LogP contribution in [0.15, 0.2) is 71.1 Å². The first-order valence-electron chi connectivity index (χ1n) is 8.71. The molecule has 1 aromatic heterocycles. The van der Waals surface area contributed by atoms with Gasteiger partial charge in [-0.2, -0.15) is 0 Å². The van der Waals surface area contributed by atoms with Crippen LogP contribution < -0.4 is 15.6 Å². The second kappa shape index (κ2) is 9.36. The SMILES string of the molecule is O=C(CCc1ccccc1F)NNC(=O)c1ccc(COc2ccccc2)o1. The van der Waals surface area contributed by atoms with Crippen LogP contribution in [-0.4, -0.2) is 11.8 Å². The molecule has 6 nitrogen and oxygen atoms in total. The third-order valence-electron chi connectivity index (χ3n) is 3.90. The number of furan rings is 1. The van der Waals surface area contributed by atoms with Crippen LogP contribution in [0.25, 0.3) is 0 Å². The quantitative estimate of drug-likeness (QED) is 0.614. The van der Waals surface area contributed by atoms with E-state index < -0.39 is 11.8 Å². The largest absolute Gasteiger partial charge is 0.486 e. The molecule has 0 saturated carbocycles. The van der Waals surface area contributed by atoms with E-state index in [0.29, 0.717) is 17.1 Å². The maximum Gasteiger partial charge on any atom is 0.305 e. The normalized spacial score (nSPS) is 10.3. The van der Waals surface area contributed by atoms with Crippen LogP contribution in [0.4, 0.5) is 4.39 Å². The van der Waals surface area contributed by atoms with Gasteiger partial charge in [0.1, 0.15) is 23.9 Å². The van der Waals surface area contributed by atoms with Crippen LogP contribution in [0.2, 0.25) is 0 Å². The van der Waals surface area contributed by atoms with Gasteiger partial charge in [-0.15, -0.1) is 0 Å². The van der Waals surface area contributed by atoms with Gasteiger partial charge in [-0.3, -0.25) is 20.4 Å². The minimum atomic E-state index is -0.592. The summed E-state index contributed by atoms with van der Waals surface area (Å²) in [7, 11) is 0. The van der Waals surface area contributed by atoms with Crippen molar-refractivity contribution in [2.24, 2.45) is 0 Å². The van der Waals surface area contributed by atoms with Gasteiger partial charge < -0.3 is 9.15 Å². The first-order chi connectivity index (χ1) is 13.6. The van der Waals surface area contributed by atoms with Gasteiger partial charge in [-0.1, -0.05) is 36.4 Å². The molecule has 7 heteroatoms. The number of halogens is 1. The van der Waals surface area contributed by atoms with E-state index in [4.69, 9.17) is 9.15 Å². The maximum absolute atomic E-state index is 13.5. The van der Waals surface area contributed by atoms with Crippen molar-refractivity contribution in [1.29, 1.82) is 0 Å². The Hall–Kier alpha value is -3.61. The van der Waals surface area contributed by atoms with Gasteiger partial charge in [-0.25, -0.2) is 4.39 Å². The van der Waals surface area contributed by atoms with Crippen molar-refractivity contribution >= 4 is 11.8 Å². The fourth-order valence-electron chi connectivity index (χ4n) is 2.45. The lowest BCUT2D eigenvalue weighted by molar-refractivity contribution is -0.121. The van der Waals surface area contributed by atoms with Crippen molar-refractivity contribution < 1.29 is 23.1 Å². The van der Waals surface area contributed by atoms with Gasteiger partial charge in [-0.05, 0) is 42.3 Å². The zero-order valence-corrected chi connectivity index (χ0v) is 15.0. The molecule has 0 aliphatic heterocycles. The lowest BCUT2D eigenvalue weighted by Crippen LogP contribution is -2.41. The molecular formula is C21H19FN2O4. The Kier molecular flexibility index (Phi) is 6.41. The lowest BCUT2D eigenvalue weighted by atomic mass is 10.1. The summed E-state index contributed by atoms with van der Waals surface area (Å²) in [6, 6.07) is 18.6. The van der Waals surface area contributed by atoms with Crippen molar-refractivity contribution in [3.05, 3.63) is 89.6 Å². The number of carbonyl (C=O) groups is 2. The first kappa shape index (κ1) is 19.2. The van der Waals surface area contributed by atoms with Crippen LogP contribution >= 0.6 is 0 Å². The molecule has 28 heavy (non-hydrogen) atoms. The fourth-order valence-corrected chi connectivity index (χ4v) is 2.45. The number of hydrazine groups is 1. The average molecular weight is 382 g/mol. The van der Waals surface area contributed by atoms with Gasteiger partial charge in [0.2, 0.25) is 5.91 Å². The Morgan fingerprint density at radius 2 is 1.68 bits per heavy atom. The number of rotatable bonds is 7. The Morgan fingerprint density at radius 3 is 2.46 bits per heavy atom. The molecule has 1 heterocycles. The molecule has 2 N–H and O–H groups in total. The second-order valence-electron chi connectivity index (χ2n) is 5.96. The molecule has 0 saturated heterocycles. The summed E-state index contributed by atoms with van der Waals surface area (Å²) in [5.74, 6) is -0.186. The highest BCUT2D eigenvalue weighted by molar-refractivity contribution is 5.92. The van der Waals surface area contributed by atoms with Crippen LogP contribution in [0, 0.1) is 5.82 Å². The lowest BCUT2D eigenvalue weighted by Gasteiger charge is -2.07. The number of benzene rings is 2. The highest BCUT2D eigenvalue weighted by Crippen LogP contribution is 2.14. The summed E-state index contributed by atoms with van der Waals surface area (Å²) in [6.45, 7) is 0.173. The van der Waals surface area contributed by atoms with E-state index in [0.717, 1.165) is 0 Å². The third kappa shape index (κ3) is 5.44. The van der Waals surface area contributed by atoms with E-state index in [9.17, 15) is 14.0 Å². The van der Waals surface area contributed by atoms with E-state index in [-0.39, 0.29) is 31.0 Å². The molecule has 2 aromatic carbocycles. The number of para-hydroxylation sites is 1. The molecule has 0 spiro atoms. The smallest absolute Gasteiger partial charge is 0.305 e. The summed E-state index contributed by atoms with van der Waals surface area (Å²) in [4.78, 5) is 23.9. The number of amides is 2. The molecule has 0 unspecified atom stereocenters. The molecule has 2 amide bonds. The van der Waals surface area contributed by atoms with Gasteiger partial charge in [0.25, 0.3) is 0 Å². The molecule has 0 aliphatic rings. The molecule has 3 rings (SSSR count). The summed E-state index contributed by atoms with van der Waals surface area (Å²) in [5.41, 5.74) is 5.00. The van der Waals surface area contributed by atoms with E-state index >= 15 is 0 Å². The van der Waals surface area contributed by atoms with Gasteiger partial charge in [0.05, 0.1) is 0 Å². The fraction of sp³-hybridized carbons (Fsp3) is 0.143. The molecule has 0 aliphatic carbocycles. The molecule has 0 bridgehead atoms. The van der Waals surface area contributed by atoms with Crippen molar-refractivity contribution in [1.82, 2.24) is 10.9 Å². The zero-order chi connectivity index (χ0) is 19.8. The molecule has 0 fully saturated rings. The Bertz CT molecular complexity index is 940. The highest BCUT2D eigenvalue weighted by Gasteiger charge is 2.13. The zero-order valence-electron chi connectivity index (χ0n) is 15.0. The number of nitrogens with one attached hydrogen (secondary N) is 2. The molecule has 0 atom stereocenters. The van der Waals surface area contributed by atoms with Crippen LogP contribution in [0.3, 0.4) is 0 Å². The predicted octanol–water partition coefficient (Wildman–Crippen LogP) is 3.39. The summed E-state index contributed by atoms with van der Waals surface area (Å²) < 4.78 is 24.5. The molecule has 3 aromatic rings. The van der Waals surface area contributed by atoms with Crippen LogP contribution in [-0.2, 0) is 17.8 Å².